The Bertz CT molecular complexity index is 881. The van der Waals surface area contributed by atoms with Crippen molar-refractivity contribution < 1.29 is 63.0 Å². The van der Waals surface area contributed by atoms with Crippen LogP contribution in [0.25, 0.3) is 11.6 Å². The van der Waals surface area contributed by atoms with E-state index in [0.717, 1.165) is 11.1 Å². The molecule has 0 heterocycles. The molecule has 0 aliphatic rings. The van der Waals surface area contributed by atoms with E-state index in [0.29, 0.717) is 22.8 Å². The number of hydrogen-bond acceptors (Lipinski definition) is 5. The van der Waals surface area contributed by atoms with Crippen LogP contribution in [0.4, 0.5) is 0 Å². The van der Waals surface area contributed by atoms with Crippen LogP contribution in [0.2, 0.25) is 0 Å². The first-order chi connectivity index (χ1) is 12.7. The van der Waals surface area contributed by atoms with Gasteiger partial charge in [-0.3, -0.25) is 0 Å². The molecule has 2 rings (SSSR count). The number of nitriles is 1. The van der Waals surface area contributed by atoms with Crippen molar-refractivity contribution in [2.75, 3.05) is 21.3 Å². The third-order valence-corrected chi connectivity index (χ3v) is 3.15. The van der Waals surface area contributed by atoms with Crippen LogP contribution in [0.1, 0.15) is 11.1 Å². The van der Waals surface area contributed by atoms with Crippen molar-refractivity contribution in [2.45, 2.75) is 0 Å². The summed E-state index contributed by atoms with van der Waals surface area (Å²) >= 11 is 0. The van der Waals surface area contributed by atoms with Crippen molar-refractivity contribution in [2.24, 2.45) is 0 Å². The number of rotatable bonds is 5. The van der Waals surface area contributed by atoms with Crippen LogP contribution in [0.15, 0.2) is 36.4 Å². The molecule has 28 heavy (non-hydrogen) atoms. The maximum atomic E-state index is 9.43. The molecule has 0 aliphatic heterocycles. The topological polar surface area (TPSA) is 129 Å². The molecule has 3 N–H and O–H groups in total. The second kappa shape index (κ2) is 12.6. The summed E-state index contributed by atoms with van der Waals surface area (Å²) in [5.41, 5.74) is 2.14. The van der Waals surface area contributed by atoms with Gasteiger partial charge in [0.25, 0.3) is 0 Å². The van der Waals surface area contributed by atoms with Crippen molar-refractivity contribution in [3.63, 3.8) is 0 Å². The fraction of sp³-hybridized carbons (Fsp3) is 0.167. The molecule has 0 radical (unpaired) electrons. The molecule has 2 aromatic rings. The summed E-state index contributed by atoms with van der Waals surface area (Å²) in [6.07, 6.45) is 1.79. The van der Waals surface area contributed by atoms with E-state index in [1.807, 2.05) is 18.2 Å². The summed E-state index contributed by atoms with van der Waals surface area (Å²) in [5, 5.41) is 9.43. The number of phosphoric acid groups is 1. The van der Waals surface area contributed by atoms with E-state index in [-0.39, 0.29) is 29.6 Å². The molecule has 0 atom stereocenters. The quantitative estimate of drug-likeness (QED) is 0.199. The van der Waals surface area contributed by atoms with Gasteiger partial charge in [-0.05, 0) is 23.8 Å². The molecular weight excluding hydrogens is 396 g/mol. The van der Waals surface area contributed by atoms with E-state index >= 15 is 0 Å². The Kier molecular flexibility index (Phi) is 11.8. The number of benzene rings is 2. The third kappa shape index (κ3) is 9.40. The molecule has 144 valence electrons. The summed E-state index contributed by atoms with van der Waals surface area (Å²) in [4.78, 5) is 21.6. The second-order valence-corrected chi connectivity index (χ2v) is 5.97. The van der Waals surface area contributed by atoms with Crippen LogP contribution in [0.3, 0.4) is 0 Å². The van der Waals surface area contributed by atoms with Crippen LogP contribution in [-0.4, -0.2) is 36.0 Å². The van der Waals surface area contributed by atoms with Crippen LogP contribution in [0.5, 0.6) is 17.2 Å². The number of allylic oxidation sites excluding steroid dienone is 1. The van der Waals surface area contributed by atoms with Gasteiger partial charge < -0.3 is 28.9 Å². The fourth-order valence-corrected chi connectivity index (χ4v) is 2.02. The van der Waals surface area contributed by atoms with E-state index < -0.39 is 7.82 Å². The number of hydrogen-bond donors (Lipinski definition) is 3. The summed E-state index contributed by atoms with van der Waals surface area (Å²) in [5.74, 6) is 1.83. The summed E-state index contributed by atoms with van der Waals surface area (Å²) in [6, 6.07) is 16.0. The SMILES string of the molecule is COc1[c-]ccc(C=C(C#N)c2ccc(OC)c(OC)c2)c1.O=P(O)(O)O.[Na+]. The van der Waals surface area contributed by atoms with Gasteiger partial charge in [0.2, 0.25) is 0 Å². The first-order valence-electron chi connectivity index (χ1n) is 7.40. The molecule has 10 heteroatoms. The monoisotopic (exact) mass is 415 g/mol. The van der Waals surface area contributed by atoms with E-state index in [4.69, 9.17) is 33.5 Å². The zero-order valence-corrected chi connectivity index (χ0v) is 18.8. The first kappa shape index (κ1) is 26.2. The van der Waals surface area contributed by atoms with E-state index in [2.05, 4.69) is 12.1 Å². The van der Waals surface area contributed by atoms with Gasteiger partial charge in [0, 0.05) is 5.75 Å². The average Bonchev–Trinajstić information content (AvgIpc) is 2.64. The molecule has 0 bridgehead atoms. The second-order valence-electron chi connectivity index (χ2n) is 4.94. The predicted octanol–water partition coefficient (Wildman–Crippen LogP) is -0.348. The standard InChI is InChI=1S/C18H16NO3.Na.H3O4P/c1-20-16-6-4-5-13(10-16)9-15(12-19)14-7-8-17(21-2)18(11-14)22-3;;1-5(2,3)4/h4-5,7-11H,1-3H3;;(H3,1,2,3,4)/q-1;+1;. The number of ether oxygens (including phenoxy) is 3. The van der Waals surface area contributed by atoms with E-state index in [9.17, 15) is 5.26 Å². The minimum absolute atomic E-state index is 0. The fourth-order valence-electron chi connectivity index (χ4n) is 2.02. The number of methoxy groups -OCH3 is 3. The van der Waals surface area contributed by atoms with Crippen LogP contribution in [-0.2, 0) is 4.57 Å². The van der Waals surface area contributed by atoms with Crippen molar-refractivity contribution >= 4 is 19.5 Å². The maximum Gasteiger partial charge on any atom is 1.00 e. The van der Waals surface area contributed by atoms with E-state index in [1.165, 1.54) is 0 Å². The third-order valence-electron chi connectivity index (χ3n) is 3.15. The van der Waals surface area contributed by atoms with Crippen molar-refractivity contribution in [1.29, 1.82) is 5.26 Å². The summed E-state index contributed by atoms with van der Waals surface area (Å²) in [7, 11) is 0.0828. The minimum atomic E-state index is -4.64. The van der Waals surface area contributed by atoms with Gasteiger partial charge in [-0.25, -0.2) is 4.57 Å². The molecule has 0 spiro atoms. The predicted molar refractivity (Wildman–Crippen MR) is 99.1 cm³/mol. The zero-order chi connectivity index (χ0) is 20.4. The van der Waals surface area contributed by atoms with Gasteiger partial charge in [-0.15, -0.1) is 17.7 Å². The maximum absolute atomic E-state index is 9.43. The number of nitrogens with zero attached hydrogens (tertiary/aromatic N) is 1. The van der Waals surface area contributed by atoms with Gasteiger partial charge in [0.15, 0.2) is 11.5 Å². The smallest absolute Gasteiger partial charge is 0.523 e. The van der Waals surface area contributed by atoms with Gasteiger partial charge >= 0.3 is 37.4 Å². The minimum Gasteiger partial charge on any atom is -0.523 e. The Balaban J connectivity index is 0.00000108. The molecule has 0 aliphatic carbocycles. The Labute approximate surface area is 185 Å². The molecule has 2 aromatic carbocycles. The van der Waals surface area contributed by atoms with Gasteiger partial charge in [0.05, 0.1) is 33.0 Å². The largest absolute Gasteiger partial charge is 1.00 e. The summed E-state index contributed by atoms with van der Waals surface area (Å²) in [6.45, 7) is 0. The van der Waals surface area contributed by atoms with Crippen molar-refractivity contribution in [3.8, 4) is 23.3 Å². The van der Waals surface area contributed by atoms with Crippen molar-refractivity contribution in [1.82, 2.24) is 0 Å². The van der Waals surface area contributed by atoms with Gasteiger partial charge in [-0.2, -0.15) is 17.4 Å². The van der Waals surface area contributed by atoms with Gasteiger partial charge in [0.1, 0.15) is 0 Å². The molecule has 0 amide bonds. The molecule has 8 nitrogen and oxygen atoms in total. The molecule has 0 saturated carbocycles. The molecule has 0 unspecified atom stereocenters. The Hall–Kier alpha value is -1.82. The van der Waals surface area contributed by atoms with Crippen LogP contribution < -0.4 is 43.8 Å². The molecule has 0 fully saturated rings. The molecule has 0 aromatic heterocycles. The summed E-state index contributed by atoms with van der Waals surface area (Å²) < 4.78 is 24.5. The average molecular weight is 415 g/mol. The Morgan fingerprint density at radius 2 is 1.68 bits per heavy atom. The van der Waals surface area contributed by atoms with Crippen LogP contribution >= 0.6 is 7.82 Å². The first-order valence-corrected chi connectivity index (χ1v) is 8.96. The van der Waals surface area contributed by atoms with E-state index in [1.54, 1.807) is 45.6 Å². The Morgan fingerprint density at radius 1 is 1.07 bits per heavy atom. The van der Waals surface area contributed by atoms with Crippen molar-refractivity contribution in [3.05, 3.63) is 53.6 Å². The van der Waals surface area contributed by atoms with Crippen LogP contribution in [0, 0.1) is 17.4 Å². The van der Waals surface area contributed by atoms with Gasteiger partial charge in [-0.1, -0.05) is 6.08 Å². The normalized spacial score (nSPS) is 10.5. The zero-order valence-electron chi connectivity index (χ0n) is 15.9. The Morgan fingerprint density at radius 3 is 2.18 bits per heavy atom. The molecule has 0 saturated heterocycles. The molecular formula is C18H19NNaO7P.